The molecule has 1 atom stereocenters. The van der Waals surface area contributed by atoms with E-state index in [4.69, 9.17) is 4.98 Å². The Balaban J connectivity index is 1.19. The van der Waals surface area contributed by atoms with Crippen molar-refractivity contribution in [1.29, 1.82) is 0 Å². The zero-order valence-corrected chi connectivity index (χ0v) is 19.2. The Morgan fingerprint density at radius 2 is 1.84 bits per heavy atom. The quantitative estimate of drug-likeness (QED) is 0.548. The predicted octanol–water partition coefficient (Wildman–Crippen LogP) is 5.28. The Labute approximate surface area is 189 Å². The van der Waals surface area contributed by atoms with Gasteiger partial charge in [-0.3, -0.25) is 9.88 Å². The van der Waals surface area contributed by atoms with E-state index >= 15 is 0 Å². The average molecular weight is 431 g/mol. The summed E-state index contributed by atoms with van der Waals surface area (Å²) in [7, 11) is 0. The highest BCUT2D eigenvalue weighted by Gasteiger charge is 2.19. The number of hydrogen-bond acceptors (Lipinski definition) is 5. The summed E-state index contributed by atoms with van der Waals surface area (Å²) >= 11 is 1.87. The lowest BCUT2D eigenvalue weighted by Gasteiger charge is -2.36. The zero-order valence-electron chi connectivity index (χ0n) is 18.4. The van der Waals surface area contributed by atoms with Gasteiger partial charge >= 0.3 is 0 Å². The predicted molar refractivity (Wildman–Crippen MR) is 134 cm³/mol. The van der Waals surface area contributed by atoms with Gasteiger partial charge in [-0.15, -0.1) is 11.8 Å². The fourth-order valence-corrected chi connectivity index (χ4v) is 5.34. The standard InChI is InChI=1S/C26H30N4S/c1-20-9-10-24-25(27-20)7-4-8-26(24)29-15-13-28(14-16-29)12-11-22-5-3-6-23(19-22)30-17-18-31-21(30)2/h3-10,17-19,21H,11-16H2,1-2H3. The van der Waals surface area contributed by atoms with Crippen LogP contribution < -0.4 is 9.80 Å². The van der Waals surface area contributed by atoms with Crippen molar-refractivity contribution in [3.05, 3.63) is 77.5 Å². The first kappa shape index (κ1) is 20.4. The van der Waals surface area contributed by atoms with Crippen LogP contribution in [-0.2, 0) is 6.42 Å². The van der Waals surface area contributed by atoms with Crippen molar-refractivity contribution in [1.82, 2.24) is 9.88 Å². The molecule has 160 valence electrons. The first-order chi connectivity index (χ1) is 15.2. The van der Waals surface area contributed by atoms with E-state index in [0.29, 0.717) is 5.37 Å². The maximum Gasteiger partial charge on any atom is 0.0806 e. The van der Waals surface area contributed by atoms with Crippen LogP contribution in [0.5, 0.6) is 0 Å². The Morgan fingerprint density at radius 1 is 1.00 bits per heavy atom. The van der Waals surface area contributed by atoms with Gasteiger partial charge in [-0.05, 0) is 67.6 Å². The summed E-state index contributed by atoms with van der Waals surface area (Å²) in [5.41, 5.74) is 6.22. The summed E-state index contributed by atoms with van der Waals surface area (Å²) in [6.07, 6.45) is 3.29. The molecule has 2 aromatic carbocycles. The monoisotopic (exact) mass is 430 g/mol. The van der Waals surface area contributed by atoms with Gasteiger partial charge < -0.3 is 9.80 Å². The van der Waals surface area contributed by atoms with Crippen LogP contribution in [0.25, 0.3) is 10.9 Å². The number of aryl methyl sites for hydroxylation is 1. The number of hydrogen-bond donors (Lipinski definition) is 0. The van der Waals surface area contributed by atoms with Gasteiger partial charge in [-0.25, -0.2) is 0 Å². The molecule has 1 aromatic heterocycles. The third-order valence-corrected chi connectivity index (χ3v) is 7.28. The van der Waals surface area contributed by atoms with E-state index in [-0.39, 0.29) is 0 Å². The van der Waals surface area contributed by atoms with Gasteiger partial charge in [-0.2, -0.15) is 0 Å². The molecule has 2 aliphatic rings. The van der Waals surface area contributed by atoms with Crippen molar-refractivity contribution in [2.45, 2.75) is 25.6 Å². The molecule has 0 radical (unpaired) electrons. The van der Waals surface area contributed by atoms with Crippen LogP contribution >= 0.6 is 11.8 Å². The van der Waals surface area contributed by atoms with Crippen LogP contribution in [0.3, 0.4) is 0 Å². The first-order valence-electron chi connectivity index (χ1n) is 11.2. The number of benzene rings is 2. The molecule has 0 spiro atoms. The largest absolute Gasteiger partial charge is 0.368 e. The summed E-state index contributed by atoms with van der Waals surface area (Å²) in [5.74, 6) is 0. The maximum absolute atomic E-state index is 4.70. The van der Waals surface area contributed by atoms with Crippen molar-refractivity contribution in [2.75, 3.05) is 42.5 Å². The van der Waals surface area contributed by atoms with Crippen LogP contribution in [0.4, 0.5) is 11.4 Å². The molecular formula is C26H30N4S. The lowest BCUT2D eigenvalue weighted by molar-refractivity contribution is 0.261. The molecular weight excluding hydrogens is 400 g/mol. The van der Waals surface area contributed by atoms with Gasteiger partial charge in [-0.1, -0.05) is 18.2 Å². The van der Waals surface area contributed by atoms with Gasteiger partial charge in [0.1, 0.15) is 0 Å². The van der Waals surface area contributed by atoms with Gasteiger partial charge in [0.2, 0.25) is 0 Å². The third kappa shape index (κ3) is 4.43. The number of piperazine rings is 1. The summed E-state index contributed by atoms with van der Waals surface area (Å²) in [6, 6.07) is 19.9. The second-order valence-corrected chi connectivity index (χ2v) is 9.70. The second-order valence-electron chi connectivity index (χ2n) is 8.47. The van der Waals surface area contributed by atoms with Gasteiger partial charge in [0.05, 0.1) is 10.9 Å². The van der Waals surface area contributed by atoms with Crippen molar-refractivity contribution >= 4 is 34.0 Å². The normalized spacial score (nSPS) is 19.5. The summed E-state index contributed by atoms with van der Waals surface area (Å²) in [4.78, 5) is 12.2. The lowest BCUT2D eigenvalue weighted by Crippen LogP contribution is -2.47. The average Bonchev–Trinajstić information content (AvgIpc) is 3.23. The zero-order chi connectivity index (χ0) is 21.2. The van der Waals surface area contributed by atoms with Crippen LogP contribution in [0.15, 0.2) is 66.2 Å². The van der Waals surface area contributed by atoms with E-state index < -0.39 is 0 Å². The highest BCUT2D eigenvalue weighted by Crippen LogP contribution is 2.31. The number of thioether (sulfide) groups is 1. The Kier molecular flexibility index (Phi) is 5.88. The van der Waals surface area contributed by atoms with Crippen LogP contribution in [0.1, 0.15) is 18.2 Å². The van der Waals surface area contributed by atoms with E-state index in [2.05, 4.69) is 94.8 Å². The molecule has 4 nitrogen and oxygen atoms in total. The Bertz CT molecular complexity index is 1090. The number of pyridine rings is 1. The summed E-state index contributed by atoms with van der Waals surface area (Å²) < 4.78 is 0. The highest BCUT2D eigenvalue weighted by molar-refractivity contribution is 8.03. The minimum Gasteiger partial charge on any atom is -0.368 e. The minimum absolute atomic E-state index is 0.483. The molecule has 1 unspecified atom stereocenters. The van der Waals surface area contributed by atoms with Crippen LogP contribution in [0.2, 0.25) is 0 Å². The fourth-order valence-electron chi connectivity index (χ4n) is 4.59. The second kappa shape index (κ2) is 8.93. The Morgan fingerprint density at radius 3 is 2.65 bits per heavy atom. The van der Waals surface area contributed by atoms with Crippen LogP contribution in [0, 0.1) is 6.92 Å². The molecule has 31 heavy (non-hydrogen) atoms. The molecule has 5 heteroatoms. The number of aromatic nitrogens is 1. The van der Waals surface area contributed by atoms with Gasteiger partial charge in [0.15, 0.2) is 0 Å². The van der Waals surface area contributed by atoms with Crippen LogP contribution in [-0.4, -0.2) is 48.0 Å². The third-order valence-electron chi connectivity index (χ3n) is 6.38. The summed E-state index contributed by atoms with van der Waals surface area (Å²) in [6.45, 7) is 9.79. The smallest absolute Gasteiger partial charge is 0.0806 e. The Hall–Kier alpha value is -2.50. The number of rotatable bonds is 5. The van der Waals surface area contributed by atoms with Crippen molar-refractivity contribution in [3.8, 4) is 0 Å². The van der Waals surface area contributed by atoms with E-state index in [1.807, 2.05) is 11.8 Å². The number of nitrogens with zero attached hydrogens (tertiary/aromatic N) is 4. The molecule has 0 saturated carbocycles. The fraction of sp³-hybridized carbons (Fsp3) is 0.346. The number of fused-ring (bicyclic) bond motifs is 1. The lowest BCUT2D eigenvalue weighted by atomic mass is 10.1. The first-order valence-corrected chi connectivity index (χ1v) is 12.1. The maximum atomic E-state index is 4.70. The molecule has 0 aliphatic carbocycles. The summed E-state index contributed by atoms with van der Waals surface area (Å²) in [5, 5.41) is 3.93. The minimum atomic E-state index is 0.483. The number of anilines is 2. The van der Waals surface area contributed by atoms with Crippen molar-refractivity contribution < 1.29 is 0 Å². The van der Waals surface area contributed by atoms with E-state index in [0.717, 1.165) is 50.4 Å². The molecule has 1 saturated heterocycles. The van der Waals surface area contributed by atoms with Crippen molar-refractivity contribution in [3.63, 3.8) is 0 Å². The van der Waals surface area contributed by atoms with Crippen molar-refractivity contribution in [2.24, 2.45) is 0 Å². The van der Waals surface area contributed by atoms with E-state index in [1.165, 1.54) is 22.3 Å². The molecule has 5 rings (SSSR count). The topological polar surface area (TPSA) is 22.6 Å². The van der Waals surface area contributed by atoms with E-state index in [1.54, 1.807) is 0 Å². The molecule has 0 bridgehead atoms. The highest BCUT2D eigenvalue weighted by atomic mass is 32.2. The molecule has 1 fully saturated rings. The molecule has 3 aromatic rings. The molecule has 2 aliphatic heterocycles. The molecule has 3 heterocycles. The molecule has 0 amide bonds. The van der Waals surface area contributed by atoms with E-state index in [9.17, 15) is 0 Å². The molecule has 0 N–H and O–H groups in total. The van der Waals surface area contributed by atoms with Gasteiger partial charge in [0.25, 0.3) is 0 Å². The van der Waals surface area contributed by atoms with Gasteiger partial charge in [0, 0.05) is 61.4 Å². The SMILES string of the molecule is Cc1ccc2c(N3CCN(CCc4cccc(N5C=CSC5C)c4)CC3)cccc2n1.